The van der Waals surface area contributed by atoms with Gasteiger partial charge in [0.25, 0.3) is 0 Å². The van der Waals surface area contributed by atoms with E-state index in [0.29, 0.717) is 29.3 Å². The Morgan fingerprint density at radius 3 is 2.71 bits per heavy atom. The minimum Gasteiger partial charge on any atom is -0.294 e. The van der Waals surface area contributed by atoms with Crippen molar-refractivity contribution in [1.82, 2.24) is 0 Å². The number of carbonyl (C=O) groups excluding carboxylic acids is 1. The van der Waals surface area contributed by atoms with Gasteiger partial charge in [-0.1, -0.05) is 17.7 Å². The minimum atomic E-state index is 0.0834. The molecule has 0 N–H and O–H groups in total. The van der Waals surface area contributed by atoms with Gasteiger partial charge in [-0.15, -0.1) is 11.6 Å². The fraction of sp³-hybridized carbons (Fsp3) is 0.300. The molecule has 1 nitrogen and oxygen atoms in total. The number of Topliss-reactive ketones (excluding diaryl/α,β-unsaturated/α-hetero) is 1. The van der Waals surface area contributed by atoms with Gasteiger partial charge in [-0.2, -0.15) is 0 Å². The summed E-state index contributed by atoms with van der Waals surface area (Å²) >= 11 is 14.6. The Morgan fingerprint density at radius 2 is 2.14 bits per heavy atom. The quantitative estimate of drug-likeness (QED) is 0.598. The summed E-state index contributed by atoms with van der Waals surface area (Å²) in [5.74, 6) is 0.593. The van der Waals surface area contributed by atoms with Gasteiger partial charge in [0.15, 0.2) is 5.78 Å². The predicted octanol–water partition coefficient (Wildman–Crippen LogP) is 4.30. The summed E-state index contributed by atoms with van der Waals surface area (Å²) in [7, 11) is 0. The van der Waals surface area contributed by atoms with E-state index in [0.717, 1.165) is 4.47 Å². The summed E-state index contributed by atoms with van der Waals surface area (Å²) in [4.78, 5) is 11.5. The third-order valence-electron chi connectivity index (χ3n) is 1.78. The molecule has 0 unspecified atom stereocenters. The molecule has 1 aromatic rings. The van der Waals surface area contributed by atoms with Gasteiger partial charge in [-0.05, 0) is 34.5 Å². The molecular weight excluding hydrogens is 287 g/mol. The summed E-state index contributed by atoms with van der Waals surface area (Å²) in [5, 5.41) is 0.557. The van der Waals surface area contributed by atoms with E-state index in [1.165, 1.54) is 0 Å². The van der Waals surface area contributed by atoms with Gasteiger partial charge in [0, 0.05) is 22.3 Å². The first-order valence-electron chi connectivity index (χ1n) is 4.19. The average molecular weight is 296 g/mol. The molecule has 0 aliphatic heterocycles. The van der Waals surface area contributed by atoms with Crippen molar-refractivity contribution in [2.45, 2.75) is 12.8 Å². The summed E-state index contributed by atoms with van der Waals surface area (Å²) in [6.07, 6.45) is 1.18. The van der Waals surface area contributed by atoms with Crippen molar-refractivity contribution in [2.24, 2.45) is 0 Å². The molecule has 1 aromatic carbocycles. The maximum atomic E-state index is 11.5. The van der Waals surface area contributed by atoms with Gasteiger partial charge in [0.05, 0.1) is 5.02 Å². The van der Waals surface area contributed by atoms with Gasteiger partial charge in [-0.3, -0.25) is 4.79 Å². The van der Waals surface area contributed by atoms with Crippen LogP contribution in [-0.2, 0) is 0 Å². The fourth-order valence-electron chi connectivity index (χ4n) is 1.04. The van der Waals surface area contributed by atoms with Crippen LogP contribution in [0.15, 0.2) is 22.7 Å². The van der Waals surface area contributed by atoms with Crippen molar-refractivity contribution >= 4 is 44.9 Å². The Morgan fingerprint density at radius 1 is 1.43 bits per heavy atom. The fourth-order valence-corrected chi connectivity index (χ4v) is 1.60. The lowest BCUT2D eigenvalue weighted by Gasteiger charge is -2.01. The standard InChI is InChI=1S/C10H9BrCl2O/c11-8-4-3-7(6-9(8)13)10(14)2-1-5-12/h3-4,6H,1-2,5H2. The van der Waals surface area contributed by atoms with E-state index in [9.17, 15) is 4.79 Å². The number of hydrogen-bond acceptors (Lipinski definition) is 1. The monoisotopic (exact) mass is 294 g/mol. The molecule has 0 bridgehead atoms. The highest BCUT2D eigenvalue weighted by molar-refractivity contribution is 9.10. The lowest BCUT2D eigenvalue weighted by molar-refractivity contribution is 0.0982. The molecule has 4 heteroatoms. The Balaban J connectivity index is 2.76. The molecule has 1 rings (SSSR count). The third-order valence-corrected chi connectivity index (χ3v) is 3.28. The van der Waals surface area contributed by atoms with Gasteiger partial charge in [0.2, 0.25) is 0 Å². The van der Waals surface area contributed by atoms with Crippen LogP contribution < -0.4 is 0 Å². The molecule has 0 atom stereocenters. The highest BCUT2D eigenvalue weighted by Crippen LogP contribution is 2.23. The molecule has 14 heavy (non-hydrogen) atoms. The second-order valence-corrected chi connectivity index (χ2v) is 4.48. The van der Waals surface area contributed by atoms with Gasteiger partial charge in [0.1, 0.15) is 0 Å². The van der Waals surface area contributed by atoms with Crippen LogP contribution in [0.2, 0.25) is 5.02 Å². The van der Waals surface area contributed by atoms with Gasteiger partial charge >= 0.3 is 0 Å². The highest BCUT2D eigenvalue weighted by atomic mass is 79.9. The minimum absolute atomic E-state index is 0.0834. The molecule has 0 aromatic heterocycles. The first kappa shape index (κ1) is 12.0. The highest BCUT2D eigenvalue weighted by Gasteiger charge is 2.07. The van der Waals surface area contributed by atoms with Crippen molar-refractivity contribution in [3.63, 3.8) is 0 Å². The topological polar surface area (TPSA) is 17.1 Å². The molecule has 0 aliphatic rings. The van der Waals surface area contributed by atoms with Crippen LogP contribution in [-0.4, -0.2) is 11.7 Å². The lowest BCUT2D eigenvalue weighted by atomic mass is 10.1. The van der Waals surface area contributed by atoms with E-state index in [1.54, 1.807) is 18.2 Å². The summed E-state index contributed by atoms with van der Waals surface area (Å²) in [6.45, 7) is 0. The average Bonchev–Trinajstić information content (AvgIpc) is 2.18. The van der Waals surface area contributed by atoms with Crippen LogP contribution in [0.3, 0.4) is 0 Å². The lowest BCUT2D eigenvalue weighted by Crippen LogP contribution is -1.99. The number of rotatable bonds is 4. The van der Waals surface area contributed by atoms with E-state index in [4.69, 9.17) is 23.2 Å². The first-order chi connectivity index (χ1) is 6.65. The van der Waals surface area contributed by atoms with Crippen LogP contribution in [0.25, 0.3) is 0 Å². The Hall–Kier alpha value is -0.0500. The van der Waals surface area contributed by atoms with Crippen LogP contribution in [0.1, 0.15) is 23.2 Å². The number of halogens is 3. The number of alkyl halides is 1. The second-order valence-electron chi connectivity index (χ2n) is 2.84. The van der Waals surface area contributed by atoms with Gasteiger partial charge < -0.3 is 0 Å². The molecule has 76 valence electrons. The SMILES string of the molecule is O=C(CCCCl)c1ccc(Br)c(Cl)c1. The summed E-state index contributed by atoms with van der Waals surface area (Å²) < 4.78 is 0.799. The van der Waals surface area contributed by atoms with Crippen molar-refractivity contribution in [3.8, 4) is 0 Å². The zero-order valence-electron chi connectivity index (χ0n) is 7.40. The van der Waals surface area contributed by atoms with E-state index in [1.807, 2.05) is 0 Å². The number of ketones is 1. The maximum Gasteiger partial charge on any atom is 0.162 e. The predicted molar refractivity (Wildman–Crippen MR) is 63.4 cm³/mol. The van der Waals surface area contributed by atoms with Crippen molar-refractivity contribution < 1.29 is 4.79 Å². The molecule has 0 aliphatic carbocycles. The number of carbonyl (C=O) groups is 1. The van der Waals surface area contributed by atoms with Crippen LogP contribution in [0.5, 0.6) is 0 Å². The zero-order valence-corrected chi connectivity index (χ0v) is 10.5. The molecule has 0 saturated carbocycles. The molecule has 0 amide bonds. The van der Waals surface area contributed by atoms with E-state index in [-0.39, 0.29) is 5.78 Å². The number of hydrogen-bond donors (Lipinski definition) is 0. The largest absolute Gasteiger partial charge is 0.294 e. The zero-order chi connectivity index (χ0) is 10.6. The Kier molecular flexibility index (Phi) is 4.93. The van der Waals surface area contributed by atoms with E-state index >= 15 is 0 Å². The second kappa shape index (κ2) is 5.74. The summed E-state index contributed by atoms with van der Waals surface area (Å²) in [6, 6.07) is 5.20. The molecule has 0 spiro atoms. The Bertz CT molecular complexity index is 339. The molecule has 0 radical (unpaired) electrons. The normalized spacial score (nSPS) is 10.2. The van der Waals surface area contributed by atoms with Crippen LogP contribution in [0.4, 0.5) is 0 Å². The van der Waals surface area contributed by atoms with Crippen LogP contribution >= 0.6 is 39.1 Å². The van der Waals surface area contributed by atoms with Crippen molar-refractivity contribution in [3.05, 3.63) is 33.3 Å². The third kappa shape index (κ3) is 3.26. The Labute approximate surface area is 102 Å². The van der Waals surface area contributed by atoms with E-state index < -0.39 is 0 Å². The molecule has 0 heterocycles. The molecule has 0 saturated heterocycles. The molecular formula is C10H9BrCl2O. The smallest absolute Gasteiger partial charge is 0.162 e. The van der Waals surface area contributed by atoms with Gasteiger partial charge in [-0.25, -0.2) is 0 Å². The first-order valence-corrected chi connectivity index (χ1v) is 5.90. The van der Waals surface area contributed by atoms with E-state index in [2.05, 4.69) is 15.9 Å². The van der Waals surface area contributed by atoms with Crippen molar-refractivity contribution in [1.29, 1.82) is 0 Å². The van der Waals surface area contributed by atoms with Crippen LogP contribution in [0, 0.1) is 0 Å². The van der Waals surface area contributed by atoms with Crippen molar-refractivity contribution in [2.75, 3.05) is 5.88 Å². The number of benzene rings is 1. The molecule has 0 fully saturated rings. The maximum absolute atomic E-state index is 11.5. The summed E-state index contributed by atoms with van der Waals surface area (Å²) in [5.41, 5.74) is 0.642.